The SMILES string of the molecule is CC[C@H](C)S(=O)(=O)N1CCNC(=O)[C@@H](Cc2ccccc2-c2ccc(OC)cc2)C1. The number of nitrogens with one attached hydrogen (secondary N) is 1. The van der Waals surface area contributed by atoms with Crippen molar-refractivity contribution >= 4 is 15.9 Å². The number of hydrogen-bond donors (Lipinski definition) is 1. The van der Waals surface area contributed by atoms with E-state index in [4.69, 9.17) is 4.74 Å². The number of rotatable bonds is 7. The Bertz CT molecular complexity index is 973. The molecule has 2 aromatic carbocycles. The van der Waals surface area contributed by atoms with E-state index < -0.39 is 21.2 Å². The highest BCUT2D eigenvalue weighted by Crippen LogP contribution is 2.28. The van der Waals surface area contributed by atoms with Crippen LogP contribution in [0.3, 0.4) is 0 Å². The highest BCUT2D eigenvalue weighted by Gasteiger charge is 2.34. The van der Waals surface area contributed by atoms with Crippen molar-refractivity contribution in [2.24, 2.45) is 5.92 Å². The molecule has 6 nitrogen and oxygen atoms in total. The Kier molecular flexibility index (Phi) is 7.15. The lowest BCUT2D eigenvalue weighted by Crippen LogP contribution is -2.41. The van der Waals surface area contributed by atoms with E-state index in [1.807, 2.05) is 55.5 Å². The molecular weight excluding hydrogens is 400 g/mol. The number of hydrogen-bond acceptors (Lipinski definition) is 4. The maximum absolute atomic E-state index is 12.9. The number of ether oxygens (including phenoxy) is 1. The quantitative estimate of drug-likeness (QED) is 0.732. The van der Waals surface area contributed by atoms with Crippen molar-refractivity contribution in [3.05, 3.63) is 54.1 Å². The predicted octanol–water partition coefficient (Wildman–Crippen LogP) is 3.08. The zero-order chi connectivity index (χ0) is 21.7. The Labute approximate surface area is 179 Å². The summed E-state index contributed by atoms with van der Waals surface area (Å²) in [5, 5.41) is 2.43. The third-order valence-corrected chi connectivity index (χ3v) is 8.18. The highest BCUT2D eigenvalue weighted by molar-refractivity contribution is 7.89. The second-order valence-corrected chi connectivity index (χ2v) is 10.1. The smallest absolute Gasteiger partial charge is 0.224 e. The zero-order valence-electron chi connectivity index (χ0n) is 17.8. The highest BCUT2D eigenvalue weighted by atomic mass is 32.2. The van der Waals surface area contributed by atoms with Gasteiger partial charge >= 0.3 is 0 Å². The summed E-state index contributed by atoms with van der Waals surface area (Å²) < 4.78 is 32.5. The molecule has 1 aliphatic heterocycles. The van der Waals surface area contributed by atoms with Crippen LogP contribution in [0, 0.1) is 5.92 Å². The number of sulfonamides is 1. The van der Waals surface area contributed by atoms with Crippen molar-refractivity contribution < 1.29 is 17.9 Å². The van der Waals surface area contributed by atoms with Crippen LogP contribution in [-0.4, -0.2) is 50.6 Å². The van der Waals surface area contributed by atoms with Crippen LogP contribution < -0.4 is 10.1 Å². The van der Waals surface area contributed by atoms with Gasteiger partial charge < -0.3 is 10.1 Å². The summed E-state index contributed by atoms with van der Waals surface area (Å²) in [6.07, 6.45) is 1.02. The number of carbonyl (C=O) groups is 1. The van der Waals surface area contributed by atoms with Crippen LogP contribution in [0.15, 0.2) is 48.5 Å². The minimum atomic E-state index is -3.43. The number of carbonyl (C=O) groups excluding carboxylic acids is 1. The first-order chi connectivity index (χ1) is 14.4. The van der Waals surface area contributed by atoms with Gasteiger partial charge in [0, 0.05) is 19.6 Å². The van der Waals surface area contributed by atoms with Crippen molar-refractivity contribution in [1.82, 2.24) is 9.62 Å². The summed E-state index contributed by atoms with van der Waals surface area (Å²) >= 11 is 0. The molecule has 7 heteroatoms. The van der Waals surface area contributed by atoms with E-state index in [2.05, 4.69) is 5.32 Å². The molecule has 1 fully saturated rings. The van der Waals surface area contributed by atoms with Crippen molar-refractivity contribution in [3.63, 3.8) is 0 Å². The Balaban J connectivity index is 1.88. The van der Waals surface area contributed by atoms with Gasteiger partial charge in [0.1, 0.15) is 5.75 Å². The van der Waals surface area contributed by atoms with Crippen LogP contribution in [0.1, 0.15) is 25.8 Å². The molecule has 1 saturated heterocycles. The molecule has 0 aromatic heterocycles. The minimum Gasteiger partial charge on any atom is -0.497 e. The largest absolute Gasteiger partial charge is 0.497 e. The summed E-state index contributed by atoms with van der Waals surface area (Å²) in [6, 6.07) is 15.7. The minimum absolute atomic E-state index is 0.0959. The number of benzene rings is 2. The van der Waals surface area contributed by atoms with Gasteiger partial charge in [0.05, 0.1) is 18.3 Å². The average molecular weight is 431 g/mol. The molecule has 1 amide bonds. The zero-order valence-corrected chi connectivity index (χ0v) is 18.6. The fourth-order valence-corrected chi connectivity index (χ4v) is 5.40. The molecule has 0 radical (unpaired) electrons. The third kappa shape index (κ3) is 4.84. The van der Waals surface area contributed by atoms with Crippen molar-refractivity contribution in [2.75, 3.05) is 26.7 Å². The summed E-state index contributed by atoms with van der Waals surface area (Å²) in [5.41, 5.74) is 3.09. The molecule has 0 saturated carbocycles. The van der Waals surface area contributed by atoms with Gasteiger partial charge in [0.25, 0.3) is 0 Å². The molecular formula is C23H30N2O4S. The van der Waals surface area contributed by atoms with Crippen molar-refractivity contribution in [1.29, 1.82) is 0 Å². The van der Waals surface area contributed by atoms with E-state index in [0.717, 1.165) is 22.4 Å². The van der Waals surface area contributed by atoms with E-state index in [1.165, 1.54) is 4.31 Å². The van der Waals surface area contributed by atoms with Gasteiger partial charge in [-0.05, 0) is 48.6 Å². The molecule has 1 aliphatic rings. The van der Waals surface area contributed by atoms with Crippen LogP contribution in [0.5, 0.6) is 5.75 Å². The van der Waals surface area contributed by atoms with Crippen LogP contribution in [0.25, 0.3) is 11.1 Å². The first-order valence-electron chi connectivity index (χ1n) is 10.4. The van der Waals surface area contributed by atoms with Gasteiger partial charge in [0.2, 0.25) is 15.9 Å². The lowest BCUT2D eigenvalue weighted by atomic mass is 9.91. The molecule has 2 aromatic rings. The Morgan fingerprint density at radius 2 is 1.87 bits per heavy atom. The van der Waals surface area contributed by atoms with E-state index >= 15 is 0 Å². The second-order valence-electron chi connectivity index (χ2n) is 7.70. The van der Waals surface area contributed by atoms with Crippen LogP contribution in [0.2, 0.25) is 0 Å². The van der Waals surface area contributed by atoms with Gasteiger partial charge in [-0.3, -0.25) is 4.79 Å². The number of amides is 1. The van der Waals surface area contributed by atoms with E-state index in [9.17, 15) is 13.2 Å². The van der Waals surface area contributed by atoms with E-state index in [0.29, 0.717) is 25.9 Å². The van der Waals surface area contributed by atoms with Gasteiger partial charge in [-0.1, -0.05) is 43.3 Å². The van der Waals surface area contributed by atoms with Gasteiger partial charge in [-0.2, -0.15) is 4.31 Å². The summed E-state index contributed by atoms with van der Waals surface area (Å²) in [6.45, 7) is 4.45. The molecule has 0 spiro atoms. The average Bonchev–Trinajstić information content (AvgIpc) is 2.95. The van der Waals surface area contributed by atoms with Crippen molar-refractivity contribution in [2.45, 2.75) is 31.9 Å². The fourth-order valence-electron chi connectivity index (χ4n) is 3.74. The molecule has 3 rings (SSSR count). The maximum atomic E-state index is 12.9. The fraction of sp³-hybridized carbons (Fsp3) is 0.435. The molecule has 30 heavy (non-hydrogen) atoms. The Hall–Kier alpha value is -2.38. The number of methoxy groups -OCH3 is 1. The van der Waals surface area contributed by atoms with Crippen LogP contribution in [-0.2, 0) is 21.2 Å². The topological polar surface area (TPSA) is 75.7 Å². The predicted molar refractivity (Wildman–Crippen MR) is 119 cm³/mol. The molecule has 0 bridgehead atoms. The molecule has 1 N–H and O–H groups in total. The van der Waals surface area contributed by atoms with Gasteiger partial charge in [0.15, 0.2) is 0 Å². The number of nitrogens with zero attached hydrogens (tertiary/aromatic N) is 1. The molecule has 2 atom stereocenters. The normalized spacial score (nSPS) is 19.0. The first kappa shape index (κ1) is 22.3. The monoisotopic (exact) mass is 430 g/mol. The lowest BCUT2D eigenvalue weighted by Gasteiger charge is -2.26. The lowest BCUT2D eigenvalue weighted by molar-refractivity contribution is -0.124. The van der Waals surface area contributed by atoms with Crippen molar-refractivity contribution in [3.8, 4) is 16.9 Å². The Morgan fingerprint density at radius 3 is 2.53 bits per heavy atom. The molecule has 0 unspecified atom stereocenters. The summed E-state index contributed by atoms with van der Waals surface area (Å²) in [7, 11) is -1.80. The molecule has 0 aliphatic carbocycles. The summed E-state index contributed by atoms with van der Waals surface area (Å²) in [5.74, 6) is 0.248. The first-order valence-corrected chi connectivity index (χ1v) is 11.9. The second kappa shape index (κ2) is 9.62. The van der Waals surface area contributed by atoms with Gasteiger partial charge in [-0.15, -0.1) is 0 Å². The summed E-state index contributed by atoms with van der Waals surface area (Å²) in [4.78, 5) is 12.7. The van der Waals surface area contributed by atoms with E-state index in [1.54, 1.807) is 14.0 Å². The van der Waals surface area contributed by atoms with Gasteiger partial charge in [-0.25, -0.2) is 8.42 Å². The molecule has 162 valence electrons. The van der Waals surface area contributed by atoms with E-state index in [-0.39, 0.29) is 12.5 Å². The molecule has 1 heterocycles. The van der Waals surface area contributed by atoms with Crippen LogP contribution in [0.4, 0.5) is 0 Å². The standard InChI is InChI=1S/C23H30N2O4S/c1-4-17(2)30(27,28)25-14-13-24-23(26)20(16-25)15-19-7-5-6-8-22(19)18-9-11-21(29-3)12-10-18/h5-12,17,20H,4,13-16H2,1-3H3,(H,24,26)/t17-,20-/m0/s1. The van der Waals surface area contributed by atoms with Crippen LogP contribution >= 0.6 is 0 Å². The maximum Gasteiger partial charge on any atom is 0.224 e. The Morgan fingerprint density at radius 1 is 1.17 bits per heavy atom. The third-order valence-electron chi connectivity index (χ3n) is 5.78.